The zero-order valence-corrected chi connectivity index (χ0v) is 14.0. The van der Waals surface area contributed by atoms with Gasteiger partial charge in [0.1, 0.15) is 0 Å². The number of carbonyl (C=O) groups excluding carboxylic acids is 1. The molecule has 0 heterocycles. The second kappa shape index (κ2) is 8.14. The predicted molar refractivity (Wildman–Crippen MR) is 98.3 cm³/mol. The van der Waals surface area contributed by atoms with Crippen molar-refractivity contribution in [1.29, 1.82) is 0 Å². The standard InChI is InChI=1S/C17H20N4OS/c1-12-3-7-14(8-4-12)18-11-16(22)20-21-17(23)19-15-9-5-13(2)6-10-15/h3-10,18H,11H2,1-2H3,(H,20,22)(H2,19,21,23). The summed E-state index contributed by atoms with van der Waals surface area (Å²) in [6.07, 6.45) is 0. The minimum absolute atomic E-state index is 0.156. The van der Waals surface area contributed by atoms with E-state index >= 15 is 0 Å². The van der Waals surface area contributed by atoms with Crippen LogP contribution < -0.4 is 21.5 Å². The van der Waals surface area contributed by atoms with Crippen LogP contribution in [0.4, 0.5) is 11.4 Å². The highest BCUT2D eigenvalue weighted by molar-refractivity contribution is 7.80. The Morgan fingerprint density at radius 1 is 0.870 bits per heavy atom. The van der Waals surface area contributed by atoms with Gasteiger partial charge in [-0.25, -0.2) is 0 Å². The second-order valence-electron chi connectivity index (χ2n) is 5.21. The molecular formula is C17H20N4OS. The van der Waals surface area contributed by atoms with Gasteiger partial charge in [0.25, 0.3) is 5.91 Å². The highest BCUT2D eigenvalue weighted by atomic mass is 32.1. The molecule has 4 N–H and O–H groups in total. The first-order valence-corrected chi connectivity index (χ1v) is 7.67. The number of benzene rings is 2. The quantitative estimate of drug-likeness (QED) is 0.513. The number of aryl methyl sites for hydroxylation is 2. The number of hydrogen-bond donors (Lipinski definition) is 4. The first-order chi connectivity index (χ1) is 11.0. The molecule has 6 heteroatoms. The van der Waals surface area contributed by atoms with E-state index in [9.17, 15) is 4.79 Å². The maximum absolute atomic E-state index is 11.8. The Morgan fingerprint density at radius 2 is 1.39 bits per heavy atom. The van der Waals surface area contributed by atoms with Crippen molar-refractivity contribution in [3.63, 3.8) is 0 Å². The number of thiocarbonyl (C=S) groups is 1. The van der Waals surface area contributed by atoms with Gasteiger partial charge in [0.15, 0.2) is 5.11 Å². The summed E-state index contributed by atoms with van der Waals surface area (Å²) in [5, 5.41) is 6.36. The van der Waals surface area contributed by atoms with Gasteiger partial charge in [-0.15, -0.1) is 0 Å². The van der Waals surface area contributed by atoms with E-state index in [0.717, 1.165) is 11.4 Å². The van der Waals surface area contributed by atoms with E-state index in [2.05, 4.69) is 21.5 Å². The van der Waals surface area contributed by atoms with Gasteiger partial charge in [-0.1, -0.05) is 35.4 Å². The molecule has 0 unspecified atom stereocenters. The lowest BCUT2D eigenvalue weighted by atomic mass is 10.2. The number of hydrogen-bond acceptors (Lipinski definition) is 3. The first kappa shape index (κ1) is 16.8. The number of nitrogens with one attached hydrogen (secondary N) is 4. The van der Waals surface area contributed by atoms with Crippen LogP contribution in [-0.2, 0) is 4.79 Å². The Balaban J connectivity index is 1.70. The third-order valence-corrected chi connectivity index (χ3v) is 3.33. The van der Waals surface area contributed by atoms with Gasteiger partial charge < -0.3 is 10.6 Å². The lowest BCUT2D eigenvalue weighted by Crippen LogP contribution is -2.45. The summed E-state index contributed by atoms with van der Waals surface area (Å²) in [7, 11) is 0. The largest absolute Gasteiger partial charge is 0.376 e. The normalized spacial score (nSPS) is 9.83. The molecule has 0 aliphatic rings. The molecule has 0 aromatic heterocycles. The van der Waals surface area contributed by atoms with Crippen molar-refractivity contribution in [2.24, 2.45) is 0 Å². The average Bonchev–Trinajstić information content (AvgIpc) is 2.54. The molecule has 0 saturated carbocycles. The van der Waals surface area contributed by atoms with Gasteiger partial charge in [-0.2, -0.15) is 0 Å². The molecule has 2 aromatic rings. The first-order valence-electron chi connectivity index (χ1n) is 7.26. The molecule has 0 fully saturated rings. The molecule has 0 aliphatic carbocycles. The summed E-state index contributed by atoms with van der Waals surface area (Å²) >= 11 is 5.12. The average molecular weight is 328 g/mol. The van der Waals surface area contributed by atoms with E-state index in [1.807, 2.05) is 62.4 Å². The van der Waals surface area contributed by atoms with E-state index in [1.54, 1.807) is 0 Å². The Bertz CT molecular complexity index is 668. The number of carbonyl (C=O) groups is 1. The fourth-order valence-electron chi connectivity index (χ4n) is 1.82. The molecule has 120 valence electrons. The zero-order valence-electron chi connectivity index (χ0n) is 13.1. The van der Waals surface area contributed by atoms with Crippen molar-refractivity contribution in [2.45, 2.75) is 13.8 Å². The van der Waals surface area contributed by atoms with E-state index < -0.39 is 0 Å². The van der Waals surface area contributed by atoms with E-state index in [-0.39, 0.29) is 12.5 Å². The molecule has 0 spiro atoms. The smallest absolute Gasteiger partial charge is 0.257 e. The van der Waals surface area contributed by atoms with Crippen molar-refractivity contribution in [2.75, 3.05) is 17.2 Å². The lowest BCUT2D eigenvalue weighted by Gasteiger charge is -2.12. The minimum Gasteiger partial charge on any atom is -0.376 e. The lowest BCUT2D eigenvalue weighted by molar-refractivity contribution is -0.119. The number of rotatable bonds is 4. The predicted octanol–water partition coefficient (Wildman–Crippen LogP) is 2.73. The fraction of sp³-hybridized carbons (Fsp3) is 0.176. The van der Waals surface area contributed by atoms with Gasteiger partial charge in [-0.3, -0.25) is 15.6 Å². The molecule has 5 nitrogen and oxygen atoms in total. The van der Waals surface area contributed by atoms with E-state index in [0.29, 0.717) is 5.11 Å². The van der Waals surface area contributed by atoms with Crippen LogP contribution in [-0.4, -0.2) is 17.6 Å². The van der Waals surface area contributed by atoms with Crippen molar-refractivity contribution < 1.29 is 4.79 Å². The van der Waals surface area contributed by atoms with Crippen LogP contribution in [0, 0.1) is 13.8 Å². The third kappa shape index (κ3) is 5.96. The van der Waals surface area contributed by atoms with Gasteiger partial charge in [0, 0.05) is 11.4 Å². The molecule has 23 heavy (non-hydrogen) atoms. The Hall–Kier alpha value is -2.60. The van der Waals surface area contributed by atoms with Crippen LogP contribution in [0.15, 0.2) is 48.5 Å². The van der Waals surface area contributed by atoms with Crippen LogP contribution in [0.5, 0.6) is 0 Å². The van der Waals surface area contributed by atoms with Gasteiger partial charge in [0.05, 0.1) is 6.54 Å². The van der Waals surface area contributed by atoms with Crippen LogP contribution in [0.2, 0.25) is 0 Å². The van der Waals surface area contributed by atoms with Crippen LogP contribution in [0.3, 0.4) is 0 Å². The summed E-state index contributed by atoms with van der Waals surface area (Å²) in [4.78, 5) is 11.8. The third-order valence-electron chi connectivity index (χ3n) is 3.13. The van der Waals surface area contributed by atoms with E-state index in [1.165, 1.54) is 11.1 Å². The van der Waals surface area contributed by atoms with Crippen molar-refractivity contribution in [1.82, 2.24) is 10.9 Å². The van der Waals surface area contributed by atoms with E-state index in [4.69, 9.17) is 12.2 Å². The van der Waals surface area contributed by atoms with Gasteiger partial charge in [0.2, 0.25) is 0 Å². The van der Waals surface area contributed by atoms with Crippen molar-refractivity contribution in [3.8, 4) is 0 Å². The Kier molecular flexibility index (Phi) is 5.94. The second-order valence-corrected chi connectivity index (χ2v) is 5.62. The molecule has 0 radical (unpaired) electrons. The number of hydrazine groups is 1. The number of amides is 1. The Morgan fingerprint density at radius 3 is 1.96 bits per heavy atom. The summed E-state index contributed by atoms with van der Waals surface area (Å²) in [5.74, 6) is -0.210. The molecule has 0 bridgehead atoms. The Labute approximate surface area is 141 Å². The highest BCUT2D eigenvalue weighted by Crippen LogP contribution is 2.08. The summed E-state index contributed by atoms with van der Waals surface area (Å²) in [6, 6.07) is 15.6. The fourth-order valence-corrected chi connectivity index (χ4v) is 1.99. The molecule has 0 atom stereocenters. The van der Waals surface area contributed by atoms with Crippen LogP contribution >= 0.6 is 12.2 Å². The summed E-state index contributed by atoms with van der Waals surface area (Å²) in [6.45, 7) is 4.19. The SMILES string of the molecule is Cc1ccc(NCC(=O)NNC(=S)Nc2ccc(C)cc2)cc1. The maximum atomic E-state index is 11.8. The van der Waals surface area contributed by atoms with Gasteiger partial charge in [-0.05, 0) is 50.3 Å². The maximum Gasteiger partial charge on any atom is 0.257 e. The van der Waals surface area contributed by atoms with Gasteiger partial charge >= 0.3 is 0 Å². The summed E-state index contributed by atoms with van der Waals surface area (Å²) in [5.41, 5.74) is 9.31. The minimum atomic E-state index is -0.210. The molecular weight excluding hydrogens is 308 g/mol. The molecule has 0 saturated heterocycles. The monoisotopic (exact) mass is 328 g/mol. The highest BCUT2D eigenvalue weighted by Gasteiger charge is 2.02. The van der Waals surface area contributed by atoms with Crippen molar-refractivity contribution >= 4 is 34.6 Å². The van der Waals surface area contributed by atoms with Crippen LogP contribution in [0.25, 0.3) is 0 Å². The van der Waals surface area contributed by atoms with Crippen LogP contribution in [0.1, 0.15) is 11.1 Å². The topological polar surface area (TPSA) is 65.2 Å². The summed E-state index contributed by atoms with van der Waals surface area (Å²) < 4.78 is 0. The van der Waals surface area contributed by atoms with Crippen molar-refractivity contribution in [3.05, 3.63) is 59.7 Å². The molecule has 1 amide bonds. The zero-order chi connectivity index (χ0) is 16.7. The molecule has 0 aliphatic heterocycles. The molecule has 2 rings (SSSR count). The molecule has 2 aromatic carbocycles. The number of anilines is 2.